The van der Waals surface area contributed by atoms with Gasteiger partial charge in [0.25, 0.3) is 0 Å². The van der Waals surface area contributed by atoms with Crippen LogP contribution >= 0.6 is 0 Å². The van der Waals surface area contributed by atoms with Crippen LogP contribution in [0.4, 0.5) is 4.39 Å². The lowest BCUT2D eigenvalue weighted by atomic mass is 10.0. The van der Waals surface area contributed by atoms with E-state index in [0.717, 1.165) is 12.0 Å². The summed E-state index contributed by atoms with van der Waals surface area (Å²) in [6.07, 6.45) is 1.01. The molecule has 0 spiro atoms. The maximum absolute atomic E-state index is 12.4. The predicted octanol–water partition coefficient (Wildman–Crippen LogP) is 3.87. The van der Waals surface area contributed by atoms with Crippen LogP contribution in [-0.2, 0) is 16.0 Å². The summed E-state index contributed by atoms with van der Waals surface area (Å²) in [5, 5.41) is 0. The van der Waals surface area contributed by atoms with Crippen LogP contribution in [0.2, 0.25) is 0 Å². The van der Waals surface area contributed by atoms with Crippen molar-refractivity contribution in [3.8, 4) is 0 Å². The fourth-order valence-corrected chi connectivity index (χ4v) is 2.09. The third-order valence-electron chi connectivity index (χ3n) is 3.09. The SMILES string of the molecule is O=C(CF)OC(CCc1ccccc1)c1ccccc1. The van der Waals surface area contributed by atoms with Crippen molar-refractivity contribution in [2.24, 2.45) is 0 Å². The zero-order valence-electron chi connectivity index (χ0n) is 11.2. The van der Waals surface area contributed by atoms with E-state index in [2.05, 4.69) is 0 Å². The lowest BCUT2D eigenvalue weighted by molar-refractivity contribution is -0.150. The van der Waals surface area contributed by atoms with Crippen molar-refractivity contribution in [3.05, 3.63) is 71.8 Å². The Morgan fingerprint density at radius 2 is 1.60 bits per heavy atom. The monoisotopic (exact) mass is 272 g/mol. The van der Waals surface area contributed by atoms with Gasteiger partial charge < -0.3 is 4.74 Å². The van der Waals surface area contributed by atoms with Crippen molar-refractivity contribution in [2.75, 3.05) is 6.67 Å². The summed E-state index contributed by atoms with van der Waals surface area (Å²) in [5.74, 6) is -0.813. The molecule has 0 saturated heterocycles. The number of halogens is 1. The second-order valence-corrected chi connectivity index (χ2v) is 4.55. The molecule has 0 saturated carbocycles. The number of benzene rings is 2. The molecule has 3 heteroatoms. The van der Waals surface area contributed by atoms with Gasteiger partial charge in [-0.2, -0.15) is 0 Å². The molecule has 2 rings (SSSR count). The minimum absolute atomic E-state index is 0.403. The Hall–Kier alpha value is -2.16. The molecule has 0 aliphatic heterocycles. The van der Waals surface area contributed by atoms with Crippen molar-refractivity contribution in [1.29, 1.82) is 0 Å². The number of alkyl halides is 1. The molecule has 1 atom stereocenters. The molecule has 1 unspecified atom stereocenters. The van der Waals surface area contributed by atoms with Crippen LogP contribution < -0.4 is 0 Å². The third-order valence-corrected chi connectivity index (χ3v) is 3.09. The third kappa shape index (κ3) is 4.19. The summed E-state index contributed by atoms with van der Waals surface area (Å²) in [6.45, 7) is -1.09. The van der Waals surface area contributed by atoms with Gasteiger partial charge in [-0.1, -0.05) is 60.7 Å². The lowest BCUT2D eigenvalue weighted by Gasteiger charge is -2.17. The van der Waals surface area contributed by atoms with Gasteiger partial charge in [0.2, 0.25) is 0 Å². The van der Waals surface area contributed by atoms with Gasteiger partial charge in [-0.3, -0.25) is 0 Å². The molecule has 20 heavy (non-hydrogen) atoms. The number of rotatable bonds is 6. The highest BCUT2D eigenvalue weighted by Gasteiger charge is 2.16. The van der Waals surface area contributed by atoms with E-state index in [-0.39, 0.29) is 0 Å². The number of hydrogen-bond acceptors (Lipinski definition) is 2. The van der Waals surface area contributed by atoms with Crippen LogP contribution in [-0.4, -0.2) is 12.6 Å². The van der Waals surface area contributed by atoms with Crippen LogP contribution in [0.15, 0.2) is 60.7 Å². The largest absolute Gasteiger partial charge is 0.456 e. The molecule has 0 amide bonds. The normalized spacial score (nSPS) is 11.8. The summed E-state index contributed by atoms with van der Waals surface area (Å²) in [4.78, 5) is 11.2. The molecule has 2 nitrogen and oxygen atoms in total. The van der Waals surface area contributed by atoms with Gasteiger partial charge in [-0.25, -0.2) is 9.18 Å². The molecule has 2 aromatic rings. The van der Waals surface area contributed by atoms with Gasteiger partial charge in [0, 0.05) is 0 Å². The summed E-state index contributed by atoms with van der Waals surface area (Å²) in [6, 6.07) is 19.4. The zero-order chi connectivity index (χ0) is 14.2. The van der Waals surface area contributed by atoms with E-state index in [1.54, 1.807) is 0 Å². The van der Waals surface area contributed by atoms with Crippen LogP contribution in [0.5, 0.6) is 0 Å². The maximum Gasteiger partial charge on any atom is 0.338 e. The Balaban J connectivity index is 2.05. The first-order valence-corrected chi connectivity index (χ1v) is 6.64. The first kappa shape index (κ1) is 14.3. The highest BCUT2D eigenvalue weighted by Crippen LogP contribution is 2.23. The van der Waals surface area contributed by atoms with Gasteiger partial charge in [0.15, 0.2) is 6.67 Å². The molecule has 2 aromatic carbocycles. The van der Waals surface area contributed by atoms with E-state index in [4.69, 9.17) is 4.74 Å². The van der Waals surface area contributed by atoms with Crippen molar-refractivity contribution in [2.45, 2.75) is 18.9 Å². The van der Waals surface area contributed by atoms with E-state index >= 15 is 0 Å². The van der Waals surface area contributed by atoms with Gasteiger partial charge in [-0.05, 0) is 24.0 Å². The summed E-state index contributed by atoms with van der Waals surface area (Å²) >= 11 is 0. The van der Waals surface area contributed by atoms with E-state index in [1.807, 2.05) is 60.7 Å². The Morgan fingerprint density at radius 3 is 2.20 bits per heavy atom. The van der Waals surface area contributed by atoms with Crippen molar-refractivity contribution >= 4 is 5.97 Å². The molecule has 0 aromatic heterocycles. The molecular weight excluding hydrogens is 255 g/mol. The topological polar surface area (TPSA) is 26.3 Å². The molecule has 0 heterocycles. The molecule has 0 aliphatic rings. The van der Waals surface area contributed by atoms with Gasteiger partial charge in [0.05, 0.1) is 0 Å². The van der Waals surface area contributed by atoms with Crippen molar-refractivity contribution in [1.82, 2.24) is 0 Å². The van der Waals surface area contributed by atoms with Gasteiger partial charge in [-0.15, -0.1) is 0 Å². The minimum atomic E-state index is -1.09. The summed E-state index contributed by atoms with van der Waals surface area (Å²) < 4.78 is 17.5. The molecule has 0 N–H and O–H groups in total. The molecule has 0 bridgehead atoms. The number of aryl methyl sites for hydroxylation is 1. The van der Waals surface area contributed by atoms with E-state index < -0.39 is 18.7 Å². The molecule has 0 aliphatic carbocycles. The van der Waals surface area contributed by atoms with Gasteiger partial charge in [0.1, 0.15) is 6.10 Å². The average Bonchev–Trinajstić information content (AvgIpc) is 2.53. The van der Waals surface area contributed by atoms with Crippen LogP contribution in [0.1, 0.15) is 23.7 Å². The predicted molar refractivity (Wildman–Crippen MR) is 76.0 cm³/mol. The zero-order valence-corrected chi connectivity index (χ0v) is 11.2. The molecule has 0 radical (unpaired) electrons. The smallest absolute Gasteiger partial charge is 0.338 e. The van der Waals surface area contributed by atoms with E-state index in [9.17, 15) is 9.18 Å². The molecule has 104 valence electrons. The number of carbonyl (C=O) groups is 1. The van der Waals surface area contributed by atoms with Crippen LogP contribution in [0, 0.1) is 0 Å². The van der Waals surface area contributed by atoms with Crippen LogP contribution in [0.25, 0.3) is 0 Å². The van der Waals surface area contributed by atoms with Crippen molar-refractivity contribution < 1.29 is 13.9 Å². The number of ether oxygens (including phenoxy) is 1. The Kier molecular flexibility index (Phi) is 5.30. The first-order chi connectivity index (χ1) is 9.79. The quantitative estimate of drug-likeness (QED) is 0.746. The van der Waals surface area contributed by atoms with Crippen molar-refractivity contribution in [3.63, 3.8) is 0 Å². The number of hydrogen-bond donors (Lipinski definition) is 0. The second-order valence-electron chi connectivity index (χ2n) is 4.55. The maximum atomic E-state index is 12.4. The highest BCUT2D eigenvalue weighted by atomic mass is 19.1. The standard InChI is InChI=1S/C17H17FO2/c18-13-17(19)20-16(15-9-5-2-6-10-15)12-11-14-7-3-1-4-8-14/h1-10,16H,11-13H2. The summed E-state index contributed by atoms with van der Waals surface area (Å²) in [7, 11) is 0. The second kappa shape index (κ2) is 7.43. The average molecular weight is 272 g/mol. The Labute approximate surface area is 118 Å². The fourth-order valence-electron chi connectivity index (χ4n) is 2.09. The number of esters is 1. The fraction of sp³-hybridized carbons (Fsp3) is 0.235. The Bertz CT molecular complexity index is 525. The van der Waals surface area contributed by atoms with Crippen LogP contribution in [0.3, 0.4) is 0 Å². The first-order valence-electron chi connectivity index (χ1n) is 6.64. The highest BCUT2D eigenvalue weighted by molar-refractivity contribution is 5.70. The molecular formula is C17H17FO2. The minimum Gasteiger partial charge on any atom is -0.456 e. The van der Waals surface area contributed by atoms with E-state index in [0.29, 0.717) is 6.42 Å². The lowest BCUT2D eigenvalue weighted by Crippen LogP contribution is -2.13. The van der Waals surface area contributed by atoms with Gasteiger partial charge >= 0.3 is 5.97 Å². The Morgan fingerprint density at radius 1 is 1.00 bits per heavy atom. The number of carbonyl (C=O) groups excluding carboxylic acids is 1. The van der Waals surface area contributed by atoms with E-state index in [1.165, 1.54) is 5.56 Å². The summed E-state index contributed by atoms with van der Waals surface area (Å²) in [5.41, 5.74) is 2.06. The molecule has 0 fully saturated rings.